The van der Waals surface area contributed by atoms with Gasteiger partial charge in [0.15, 0.2) is 0 Å². The molecule has 2 aliphatic rings. The standard InChI is InChI=1S/C33H46N2O5S/c1-23-9-7-8-12-28(23)30-17-25(13-14-29(30)32(36)34-31(33(37)38)15-16-41-3)19-35-20-27(39-2)18-26(35)22-40-21-24-10-5-4-6-11-24/h7-9,12-14,17,24,26-27,31H,4-6,10-11,15-16,18-22H2,1-3H3,(H,34,36)(H,37,38)/t26-,27+,31-/m0/s1. The van der Waals surface area contributed by atoms with Gasteiger partial charge in [0, 0.05) is 38.4 Å². The average Bonchev–Trinajstić information content (AvgIpc) is 3.37. The highest BCUT2D eigenvalue weighted by molar-refractivity contribution is 7.98. The lowest BCUT2D eigenvalue weighted by Crippen LogP contribution is -2.41. The van der Waals surface area contributed by atoms with Gasteiger partial charge in [-0.15, -0.1) is 0 Å². The second-order valence-electron chi connectivity index (χ2n) is 11.6. The lowest BCUT2D eigenvalue weighted by Gasteiger charge is -2.26. The van der Waals surface area contributed by atoms with Crippen molar-refractivity contribution in [3.8, 4) is 11.1 Å². The smallest absolute Gasteiger partial charge is 0.326 e. The first-order valence-corrected chi connectivity index (χ1v) is 16.3. The van der Waals surface area contributed by atoms with E-state index in [1.165, 1.54) is 32.1 Å². The normalized spacial score (nSPS) is 20.7. The number of nitrogens with one attached hydrogen (secondary N) is 1. The van der Waals surface area contributed by atoms with E-state index in [1.807, 2.05) is 49.6 Å². The minimum Gasteiger partial charge on any atom is -0.480 e. The summed E-state index contributed by atoms with van der Waals surface area (Å²) in [5.41, 5.74) is 4.44. The number of carbonyl (C=O) groups excluding carboxylic acids is 1. The third-order valence-corrected chi connectivity index (χ3v) is 9.22. The van der Waals surface area contributed by atoms with Crippen molar-refractivity contribution in [2.75, 3.05) is 38.9 Å². The summed E-state index contributed by atoms with van der Waals surface area (Å²) in [6, 6.07) is 13.3. The molecule has 1 amide bonds. The molecule has 2 aromatic carbocycles. The molecule has 1 saturated carbocycles. The zero-order valence-electron chi connectivity index (χ0n) is 24.8. The van der Waals surface area contributed by atoms with Crippen molar-refractivity contribution in [2.24, 2.45) is 5.92 Å². The second kappa shape index (κ2) is 15.7. The summed E-state index contributed by atoms with van der Waals surface area (Å²) in [6.07, 6.45) is 9.97. The van der Waals surface area contributed by atoms with Crippen LogP contribution in [-0.2, 0) is 20.8 Å². The number of ether oxygens (including phenoxy) is 2. The summed E-state index contributed by atoms with van der Waals surface area (Å²) in [7, 11) is 1.78. The monoisotopic (exact) mass is 582 g/mol. The summed E-state index contributed by atoms with van der Waals surface area (Å²) in [4.78, 5) is 27.7. The Hall–Kier alpha value is -2.39. The van der Waals surface area contributed by atoms with E-state index in [2.05, 4.69) is 16.3 Å². The summed E-state index contributed by atoms with van der Waals surface area (Å²) in [5, 5.41) is 12.4. The van der Waals surface area contributed by atoms with Crippen LogP contribution in [0.1, 0.15) is 66.4 Å². The molecule has 8 heteroatoms. The Bertz CT molecular complexity index is 1150. The van der Waals surface area contributed by atoms with Gasteiger partial charge in [0.1, 0.15) is 6.04 Å². The van der Waals surface area contributed by atoms with Crippen molar-refractivity contribution in [3.63, 3.8) is 0 Å². The van der Waals surface area contributed by atoms with E-state index in [4.69, 9.17) is 9.47 Å². The van der Waals surface area contributed by atoms with Gasteiger partial charge in [-0.1, -0.05) is 49.6 Å². The maximum absolute atomic E-state index is 13.4. The lowest BCUT2D eigenvalue weighted by molar-refractivity contribution is -0.139. The molecule has 4 rings (SSSR count). The number of amides is 1. The zero-order valence-corrected chi connectivity index (χ0v) is 25.6. The molecule has 41 heavy (non-hydrogen) atoms. The van der Waals surface area contributed by atoms with Crippen molar-refractivity contribution in [1.29, 1.82) is 0 Å². The minimum atomic E-state index is -1.01. The number of carboxylic acid groups (broad SMARTS) is 1. The molecule has 3 atom stereocenters. The Morgan fingerprint density at radius 2 is 1.88 bits per heavy atom. The van der Waals surface area contributed by atoms with Gasteiger partial charge in [-0.05, 0) is 84.9 Å². The van der Waals surface area contributed by atoms with Crippen LogP contribution in [0.5, 0.6) is 0 Å². The summed E-state index contributed by atoms with van der Waals surface area (Å²) >= 11 is 1.57. The van der Waals surface area contributed by atoms with Crippen LogP contribution in [0.4, 0.5) is 0 Å². The topological polar surface area (TPSA) is 88.1 Å². The van der Waals surface area contributed by atoms with Crippen LogP contribution >= 0.6 is 11.8 Å². The Morgan fingerprint density at radius 3 is 2.59 bits per heavy atom. The van der Waals surface area contributed by atoms with Gasteiger partial charge in [-0.3, -0.25) is 9.69 Å². The number of methoxy groups -OCH3 is 1. The van der Waals surface area contributed by atoms with Gasteiger partial charge in [0.05, 0.1) is 12.7 Å². The molecule has 224 valence electrons. The van der Waals surface area contributed by atoms with E-state index in [0.717, 1.165) is 48.4 Å². The Morgan fingerprint density at radius 1 is 1.10 bits per heavy atom. The SMILES string of the molecule is CO[C@@H]1C[C@@H](COCC2CCCCC2)N(Cc2ccc(C(=O)N[C@@H](CCSC)C(=O)O)c(-c3ccccc3C)c2)C1. The average molecular weight is 583 g/mol. The molecule has 0 radical (unpaired) electrons. The molecule has 0 bridgehead atoms. The highest BCUT2D eigenvalue weighted by atomic mass is 32.2. The number of thioether (sulfide) groups is 1. The summed E-state index contributed by atoms with van der Waals surface area (Å²) in [5.74, 6) is -0.0310. The number of hydrogen-bond donors (Lipinski definition) is 2. The first-order chi connectivity index (χ1) is 19.9. The molecular weight excluding hydrogens is 536 g/mol. The van der Waals surface area contributed by atoms with Crippen LogP contribution in [0, 0.1) is 12.8 Å². The van der Waals surface area contributed by atoms with Crippen LogP contribution in [0.25, 0.3) is 11.1 Å². The predicted octanol–water partition coefficient (Wildman–Crippen LogP) is 5.78. The fraction of sp³-hybridized carbons (Fsp3) is 0.576. The molecule has 1 saturated heterocycles. The Labute approximate surface area is 249 Å². The van der Waals surface area contributed by atoms with Crippen molar-refractivity contribution >= 4 is 23.6 Å². The molecule has 1 aliphatic heterocycles. The zero-order chi connectivity index (χ0) is 29.2. The van der Waals surface area contributed by atoms with Gasteiger partial charge in [0.2, 0.25) is 0 Å². The van der Waals surface area contributed by atoms with Crippen LogP contribution < -0.4 is 5.32 Å². The largest absolute Gasteiger partial charge is 0.480 e. The molecule has 0 aromatic heterocycles. The Balaban J connectivity index is 1.53. The first kappa shape index (κ1) is 31.5. The maximum atomic E-state index is 13.4. The number of carbonyl (C=O) groups is 2. The molecular formula is C33H46N2O5S. The van der Waals surface area contributed by atoms with E-state index in [0.29, 0.717) is 30.3 Å². The molecule has 1 heterocycles. The third kappa shape index (κ3) is 8.80. The van der Waals surface area contributed by atoms with Crippen LogP contribution in [0.3, 0.4) is 0 Å². The van der Waals surface area contributed by atoms with E-state index < -0.39 is 12.0 Å². The fourth-order valence-electron chi connectivity index (χ4n) is 6.15. The van der Waals surface area contributed by atoms with Gasteiger partial charge < -0.3 is 19.9 Å². The van der Waals surface area contributed by atoms with E-state index in [1.54, 1.807) is 18.9 Å². The van der Waals surface area contributed by atoms with Crippen molar-refractivity contribution in [2.45, 2.75) is 76.6 Å². The van der Waals surface area contributed by atoms with E-state index in [9.17, 15) is 14.7 Å². The molecule has 2 N–H and O–H groups in total. The predicted molar refractivity (Wildman–Crippen MR) is 166 cm³/mol. The quantitative estimate of drug-likeness (QED) is 0.292. The van der Waals surface area contributed by atoms with Gasteiger partial charge in [-0.25, -0.2) is 4.79 Å². The highest BCUT2D eigenvalue weighted by Crippen LogP contribution is 2.31. The molecule has 2 fully saturated rings. The molecule has 7 nitrogen and oxygen atoms in total. The van der Waals surface area contributed by atoms with Crippen LogP contribution in [-0.4, -0.2) is 78.9 Å². The summed E-state index contributed by atoms with van der Waals surface area (Å²) in [6.45, 7) is 5.15. The number of aryl methyl sites for hydroxylation is 1. The highest BCUT2D eigenvalue weighted by Gasteiger charge is 2.33. The summed E-state index contributed by atoms with van der Waals surface area (Å²) < 4.78 is 12.0. The molecule has 2 aromatic rings. The number of aliphatic carboxylic acids is 1. The minimum absolute atomic E-state index is 0.174. The van der Waals surface area contributed by atoms with Crippen molar-refractivity contribution in [3.05, 3.63) is 59.2 Å². The first-order valence-electron chi connectivity index (χ1n) is 15.0. The maximum Gasteiger partial charge on any atom is 0.326 e. The number of benzene rings is 2. The van der Waals surface area contributed by atoms with Crippen molar-refractivity contribution in [1.82, 2.24) is 10.2 Å². The number of likely N-dealkylation sites (tertiary alicyclic amines) is 1. The Kier molecular flexibility index (Phi) is 12.1. The molecule has 0 spiro atoms. The van der Waals surface area contributed by atoms with Gasteiger partial charge in [-0.2, -0.15) is 11.8 Å². The molecule has 0 unspecified atom stereocenters. The van der Waals surface area contributed by atoms with Gasteiger partial charge >= 0.3 is 5.97 Å². The fourth-order valence-corrected chi connectivity index (χ4v) is 6.62. The van der Waals surface area contributed by atoms with Crippen molar-refractivity contribution < 1.29 is 24.2 Å². The van der Waals surface area contributed by atoms with Crippen LogP contribution in [0.2, 0.25) is 0 Å². The lowest BCUT2D eigenvalue weighted by atomic mass is 9.90. The van der Waals surface area contributed by atoms with E-state index >= 15 is 0 Å². The third-order valence-electron chi connectivity index (χ3n) is 8.57. The number of carboxylic acids is 1. The number of hydrogen-bond acceptors (Lipinski definition) is 6. The van der Waals surface area contributed by atoms with E-state index in [-0.39, 0.29) is 18.1 Å². The number of nitrogens with zero attached hydrogens (tertiary/aromatic N) is 1. The molecule has 1 aliphatic carbocycles. The van der Waals surface area contributed by atoms with Crippen LogP contribution in [0.15, 0.2) is 42.5 Å². The van der Waals surface area contributed by atoms with Gasteiger partial charge in [0.25, 0.3) is 5.91 Å². The number of rotatable bonds is 14. The second-order valence-corrected chi connectivity index (χ2v) is 12.5.